The maximum Gasteiger partial charge on any atom is 0.228 e. The van der Waals surface area contributed by atoms with Crippen LogP contribution in [0.5, 0.6) is 11.8 Å². The third-order valence-corrected chi connectivity index (χ3v) is 7.37. The molecule has 0 aliphatic carbocycles. The Bertz CT molecular complexity index is 1610. The van der Waals surface area contributed by atoms with Crippen LogP contribution in [0.3, 0.4) is 0 Å². The van der Waals surface area contributed by atoms with Gasteiger partial charge in [-0.15, -0.1) is 0 Å². The second-order valence-electron chi connectivity index (χ2n) is 8.87. The number of pyridine rings is 2. The van der Waals surface area contributed by atoms with Crippen molar-refractivity contribution in [3.8, 4) is 11.8 Å². The van der Waals surface area contributed by atoms with Gasteiger partial charge in [0.15, 0.2) is 17.9 Å². The molecule has 0 radical (unpaired) electrons. The molecule has 0 saturated heterocycles. The Labute approximate surface area is 260 Å². The van der Waals surface area contributed by atoms with Gasteiger partial charge < -0.3 is 19.1 Å². The highest BCUT2D eigenvalue weighted by molar-refractivity contribution is 9.10. The van der Waals surface area contributed by atoms with Crippen molar-refractivity contribution in [1.82, 2.24) is 25.5 Å². The Hall–Kier alpha value is -3.56. The van der Waals surface area contributed by atoms with Gasteiger partial charge in [-0.25, -0.2) is 25.9 Å². The molecule has 2 aliphatic heterocycles. The van der Waals surface area contributed by atoms with Crippen LogP contribution in [0.2, 0.25) is 0 Å². The minimum atomic E-state index is -0.868. The van der Waals surface area contributed by atoms with Crippen molar-refractivity contribution in [2.45, 2.75) is 19.7 Å². The highest BCUT2D eigenvalue weighted by atomic mass is 79.9. The van der Waals surface area contributed by atoms with Crippen molar-refractivity contribution in [2.75, 3.05) is 27.4 Å². The van der Waals surface area contributed by atoms with Gasteiger partial charge in [-0.05, 0) is 62.2 Å². The van der Waals surface area contributed by atoms with E-state index in [-0.39, 0.29) is 20.1 Å². The smallest absolute Gasteiger partial charge is 0.228 e. The molecule has 1 aromatic carbocycles. The molecule has 0 bridgehead atoms. The lowest BCUT2D eigenvalue weighted by Gasteiger charge is -2.21. The number of aromatic nitrogens is 3. The summed E-state index contributed by atoms with van der Waals surface area (Å²) in [7, 11) is 5.15. The average Bonchev–Trinajstić information content (AvgIpc) is 3.34. The summed E-state index contributed by atoms with van der Waals surface area (Å²) in [6.07, 6.45) is 1.24. The van der Waals surface area contributed by atoms with Crippen LogP contribution in [-0.2, 0) is 16.7 Å². The van der Waals surface area contributed by atoms with Gasteiger partial charge in [0.1, 0.15) is 30.6 Å². The number of para-hydroxylation sites is 1. The van der Waals surface area contributed by atoms with E-state index in [4.69, 9.17) is 24.1 Å². The predicted molar refractivity (Wildman–Crippen MR) is 167 cm³/mol. The van der Waals surface area contributed by atoms with E-state index in [1.807, 2.05) is 31.3 Å². The highest BCUT2D eigenvalue weighted by Gasteiger charge is 2.23. The lowest BCUT2D eigenvalue weighted by atomic mass is 10.1. The number of ether oxygens (including phenoxy) is 2. The second kappa shape index (κ2) is 14.1. The van der Waals surface area contributed by atoms with Crippen LogP contribution in [0, 0.1) is 0 Å². The Balaban J connectivity index is 0.000000207. The normalized spacial score (nSPS) is 17.9. The molecule has 0 fully saturated rings. The van der Waals surface area contributed by atoms with Crippen LogP contribution in [0.25, 0.3) is 10.9 Å². The first kappa shape index (κ1) is 31.4. The minimum absolute atomic E-state index is 0. The molecule has 5 heterocycles. The van der Waals surface area contributed by atoms with E-state index in [0.717, 1.165) is 14.5 Å². The average molecular weight is 705 g/mol. The summed E-state index contributed by atoms with van der Waals surface area (Å²) in [4.78, 5) is 28.0. The molecule has 2 atom stereocenters. The minimum Gasteiger partial charge on any atom is -0.480 e. The Kier molecular flexibility index (Phi) is 10.5. The van der Waals surface area contributed by atoms with Gasteiger partial charge in [-0.2, -0.15) is 0 Å². The number of nitrogens with one attached hydrogen (secondary N) is 2. The highest BCUT2D eigenvalue weighted by Crippen LogP contribution is 2.30. The number of aliphatic hydroxyl groups excluding tert-OH is 1. The number of hydrogen-bond acceptors (Lipinski definition) is 11. The van der Waals surface area contributed by atoms with E-state index >= 15 is 0 Å². The zero-order valence-corrected chi connectivity index (χ0v) is 25.5. The SMILES string of the molecule is C.COc1nc(C2=NC(O)CON2)ccc1Br.COc1nc(C2=NC(c3cn(C)c4ccccc34)CON2)ccc1Br. The zero-order chi connectivity index (χ0) is 28.9. The molecule has 4 aromatic rings. The van der Waals surface area contributed by atoms with Crippen molar-refractivity contribution in [2.24, 2.45) is 17.0 Å². The number of nitrogens with zero attached hydrogens (tertiary/aromatic N) is 5. The maximum atomic E-state index is 9.30. The lowest BCUT2D eigenvalue weighted by molar-refractivity contribution is -0.00328. The number of fused-ring (bicyclic) bond motifs is 1. The number of rotatable bonds is 5. The molecule has 2 aliphatic rings. The number of methoxy groups -OCH3 is 2. The van der Waals surface area contributed by atoms with Gasteiger partial charge in [-0.1, -0.05) is 25.6 Å². The molecular formula is C28H31Br2N7O5. The summed E-state index contributed by atoms with van der Waals surface area (Å²) in [5, 5.41) is 10.5. The molecule has 14 heteroatoms. The second-order valence-corrected chi connectivity index (χ2v) is 10.6. The van der Waals surface area contributed by atoms with Crippen LogP contribution in [0.15, 0.2) is 73.7 Å². The molecule has 3 aromatic heterocycles. The fraction of sp³-hybridized carbons (Fsp3) is 0.286. The number of aliphatic imine (C=N–C) groups is 2. The number of hydroxylamine groups is 2. The molecule has 12 nitrogen and oxygen atoms in total. The summed E-state index contributed by atoms with van der Waals surface area (Å²) < 4.78 is 14.0. The molecule has 2 unspecified atom stereocenters. The van der Waals surface area contributed by atoms with E-state index in [2.05, 4.69) is 80.7 Å². The molecule has 222 valence electrons. The van der Waals surface area contributed by atoms with E-state index in [0.29, 0.717) is 41.4 Å². The number of benzene rings is 1. The molecule has 42 heavy (non-hydrogen) atoms. The van der Waals surface area contributed by atoms with Gasteiger partial charge in [0, 0.05) is 29.7 Å². The number of amidine groups is 2. The summed E-state index contributed by atoms with van der Waals surface area (Å²) in [5.74, 6) is 1.93. The molecule has 0 amide bonds. The fourth-order valence-electron chi connectivity index (χ4n) is 4.24. The third kappa shape index (κ3) is 6.90. The largest absolute Gasteiger partial charge is 0.480 e. The van der Waals surface area contributed by atoms with Crippen LogP contribution in [0.1, 0.15) is 30.4 Å². The van der Waals surface area contributed by atoms with Crippen molar-refractivity contribution in [3.63, 3.8) is 0 Å². The van der Waals surface area contributed by atoms with Crippen LogP contribution in [0.4, 0.5) is 0 Å². The predicted octanol–water partition coefficient (Wildman–Crippen LogP) is 4.46. The monoisotopic (exact) mass is 703 g/mol. The first-order valence-electron chi connectivity index (χ1n) is 12.4. The Morgan fingerprint density at radius 1 is 0.857 bits per heavy atom. The van der Waals surface area contributed by atoms with Gasteiger partial charge in [-0.3, -0.25) is 14.7 Å². The first-order valence-corrected chi connectivity index (χ1v) is 14.0. The van der Waals surface area contributed by atoms with Crippen LogP contribution in [-0.4, -0.2) is 65.0 Å². The summed E-state index contributed by atoms with van der Waals surface area (Å²) >= 11 is 6.71. The van der Waals surface area contributed by atoms with E-state index < -0.39 is 6.23 Å². The van der Waals surface area contributed by atoms with Crippen molar-refractivity contribution >= 4 is 54.4 Å². The number of hydrogen-bond donors (Lipinski definition) is 3. The van der Waals surface area contributed by atoms with Crippen LogP contribution < -0.4 is 20.4 Å². The maximum absolute atomic E-state index is 9.30. The van der Waals surface area contributed by atoms with E-state index in [1.54, 1.807) is 19.2 Å². The standard InChI is InChI=1S/C18H17BrN4O2.C9H10BrN3O3.CH4/c1-23-9-12(11-5-3-4-6-16(11)23)15-10-25-22-17(20-15)14-8-7-13(19)18(21-14)24-2;1-15-9-5(10)2-3-6(11-9)8-12-7(14)4-16-13-8;/h3-9,15H,10H2,1-2H3,(H,20,22);2-3,7,14H,4H2,1H3,(H,12,13);1H4. The summed E-state index contributed by atoms with van der Waals surface area (Å²) in [5.41, 5.74) is 8.99. The van der Waals surface area contributed by atoms with E-state index in [9.17, 15) is 5.11 Å². The van der Waals surface area contributed by atoms with Crippen molar-refractivity contribution in [3.05, 3.63) is 80.6 Å². The third-order valence-electron chi connectivity index (χ3n) is 6.16. The van der Waals surface area contributed by atoms with Crippen molar-refractivity contribution < 1.29 is 24.3 Å². The molecule has 0 spiro atoms. The van der Waals surface area contributed by atoms with Gasteiger partial charge >= 0.3 is 0 Å². The topological polar surface area (TPSA) is 137 Å². The van der Waals surface area contributed by atoms with E-state index in [1.165, 1.54) is 18.0 Å². The zero-order valence-electron chi connectivity index (χ0n) is 22.3. The first-order chi connectivity index (χ1) is 19.9. The Morgan fingerprint density at radius 2 is 1.43 bits per heavy atom. The molecule has 6 rings (SSSR count). The van der Waals surface area contributed by atoms with Gasteiger partial charge in [0.25, 0.3) is 0 Å². The van der Waals surface area contributed by atoms with Gasteiger partial charge in [0.05, 0.1) is 23.2 Å². The fourth-order valence-corrected chi connectivity index (χ4v) is 5.00. The lowest BCUT2D eigenvalue weighted by Crippen LogP contribution is -2.36. The molecule has 0 saturated carbocycles. The van der Waals surface area contributed by atoms with Crippen molar-refractivity contribution in [1.29, 1.82) is 0 Å². The molecule has 3 N–H and O–H groups in total. The number of aliphatic hydroxyl groups is 1. The van der Waals surface area contributed by atoms with Gasteiger partial charge in [0.2, 0.25) is 11.8 Å². The Morgan fingerprint density at radius 3 is 2.02 bits per heavy atom. The summed E-state index contributed by atoms with van der Waals surface area (Å²) in [6, 6.07) is 15.5. The number of aryl methyl sites for hydroxylation is 1. The molecular weight excluding hydrogens is 674 g/mol. The number of halogens is 2. The summed E-state index contributed by atoms with van der Waals surface area (Å²) in [6.45, 7) is 0.586. The quantitative estimate of drug-likeness (QED) is 0.275. The van der Waals surface area contributed by atoms with Crippen LogP contribution >= 0.6 is 31.9 Å².